The van der Waals surface area contributed by atoms with Gasteiger partial charge in [0.2, 0.25) is 0 Å². The Labute approximate surface area is 105 Å². The van der Waals surface area contributed by atoms with Crippen molar-refractivity contribution in [1.82, 2.24) is 0 Å². The van der Waals surface area contributed by atoms with E-state index in [1.807, 2.05) is 12.1 Å². The van der Waals surface area contributed by atoms with E-state index >= 15 is 0 Å². The highest BCUT2D eigenvalue weighted by Gasteiger charge is 2.05. The minimum Gasteiger partial charge on any atom is -0.491 e. The van der Waals surface area contributed by atoms with Gasteiger partial charge in [-0.05, 0) is 38.3 Å². The molecular weight excluding hydrogens is 210 g/mol. The van der Waals surface area contributed by atoms with Gasteiger partial charge < -0.3 is 10.1 Å². The standard InChI is InChI=1S/C15H25NO/c1-5-12(4)17-15-10-8-9-14(11-15)16-13(6-2)7-3/h8-13,16H,5-7H2,1-4H3. The van der Waals surface area contributed by atoms with Gasteiger partial charge in [0.15, 0.2) is 0 Å². The third kappa shape index (κ3) is 4.68. The van der Waals surface area contributed by atoms with Crippen LogP contribution in [0.25, 0.3) is 0 Å². The SMILES string of the molecule is CCC(CC)Nc1cccc(OC(C)CC)c1. The summed E-state index contributed by atoms with van der Waals surface area (Å²) in [4.78, 5) is 0. The van der Waals surface area contributed by atoms with Crippen molar-refractivity contribution in [2.24, 2.45) is 0 Å². The van der Waals surface area contributed by atoms with Crippen LogP contribution in [-0.4, -0.2) is 12.1 Å². The maximum atomic E-state index is 5.81. The van der Waals surface area contributed by atoms with E-state index in [2.05, 4.69) is 45.1 Å². The Hall–Kier alpha value is -1.18. The monoisotopic (exact) mass is 235 g/mol. The van der Waals surface area contributed by atoms with Gasteiger partial charge in [-0.15, -0.1) is 0 Å². The first-order valence-electron chi connectivity index (χ1n) is 6.72. The summed E-state index contributed by atoms with van der Waals surface area (Å²) < 4.78 is 5.81. The fourth-order valence-electron chi connectivity index (χ4n) is 1.70. The van der Waals surface area contributed by atoms with Crippen LogP contribution >= 0.6 is 0 Å². The lowest BCUT2D eigenvalue weighted by Crippen LogP contribution is -2.17. The lowest BCUT2D eigenvalue weighted by Gasteiger charge is -2.18. The predicted octanol–water partition coefficient (Wildman–Crippen LogP) is 4.46. The molecule has 1 aromatic carbocycles. The average molecular weight is 235 g/mol. The summed E-state index contributed by atoms with van der Waals surface area (Å²) in [7, 11) is 0. The van der Waals surface area contributed by atoms with Gasteiger partial charge in [-0.3, -0.25) is 0 Å². The van der Waals surface area contributed by atoms with Gasteiger partial charge in [0.1, 0.15) is 5.75 Å². The Morgan fingerprint density at radius 3 is 2.41 bits per heavy atom. The molecule has 1 aromatic rings. The lowest BCUT2D eigenvalue weighted by molar-refractivity contribution is 0.217. The molecule has 1 N–H and O–H groups in total. The van der Waals surface area contributed by atoms with Gasteiger partial charge in [-0.25, -0.2) is 0 Å². The molecule has 0 amide bonds. The van der Waals surface area contributed by atoms with Crippen molar-refractivity contribution in [2.45, 2.75) is 59.1 Å². The van der Waals surface area contributed by atoms with E-state index < -0.39 is 0 Å². The number of ether oxygens (including phenoxy) is 1. The zero-order chi connectivity index (χ0) is 12.7. The van der Waals surface area contributed by atoms with Crippen LogP contribution in [-0.2, 0) is 0 Å². The Kier molecular flexibility index (Phi) is 5.88. The first-order chi connectivity index (χ1) is 8.19. The highest BCUT2D eigenvalue weighted by atomic mass is 16.5. The summed E-state index contributed by atoms with van der Waals surface area (Å²) in [5, 5.41) is 3.53. The molecule has 0 aliphatic rings. The number of anilines is 1. The minimum absolute atomic E-state index is 0.276. The summed E-state index contributed by atoms with van der Waals surface area (Å²) >= 11 is 0. The quantitative estimate of drug-likeness (QED) is 0.753. The number of hydrogen-bond acceptors (Lipinski definition) is 2. The predicted molar refractivity (Wildman–Crippen MR) is 74.8 cm³/mol. The third-order valence-corrected chi connectivity index (χ3v) is 3.10. The molecule has 0 saturated heterocycles. The highest BCUT2D eigenvalue weighted by Crippen LogP contribution is 2.20. The Morgan fingerprint density at radius 1 is 1.12 bits per heavy atom. The van der Waals surface area contributed by atoms with Gasteiger partial charge in [0.05, 0.1) is 6.10 Å². The summed E-state index contributed by atoms with van der Waals surface area (Å²) in [6, 6.07) is 8.80. The van der Waals surface area contributed by atoms with Crippen molar-refractivity contribution >= 4 is 5.69 Å². The van der Waals surface area contributed by atoms with Crippen LogP contribution in [0.5, 0.6) is 5.75 Å². The topological polar surface area (TPSA) is 21.3 Å². The second-order valence-electron chi connectivity index (χ2n) is 4.52. The van der Waals surface area contributed by atoms with Crippen molar-refractivity contribution in [3.63, 3.8) is 0 Å². The largest absolute Gasteiger partial charge is 0.491 e. The minimum atomic E-state index is 0.276. The number of benzene rings is 1. The van der Waals surface area contributed by atoms with Crippen LogP contribution in [0, 0.1) is 0 Å². The molecule has 2 heteroatoms. The van der Waals surface area contributed by atoms with Crippen LogP contribution < -0.4 is 10.1 Å². The summed E-state index contributed by atoms with van der Waals surface area (Å²) in [5.41, 5.74) is 1.15. The average Bonchev–Trinajstić information content (AvgIpc) is 2.36. The second kappa shape index (κ2) is 7.21. The zero-order valence-corrected chi connectivity index (χ0v) is 11.5. The molecule has 1 rings (SSSR count). The van der Waals surface area contributed by atoms with Gasteiger partial charge in [0.25, 0.3) is 0 Å². The van der Waals surface area contributed by atoms with E-state index in [4.69, 9.17) is 4.74 Å². The third-order valence-electron chi connectivity index (χ3n) is 3.10. The summed E-state index contributed by atoms with van der Waals surface area (Å²) in [6.07, 6.45) is 3.60. The Bertz CT molecular complexity index is 320. The molecule has 0 aliphatic heterocycles. The number of hydrogen-bond donors (Lipinski definition) is 1. The van der Waals surface area contributed by atoms with Crippen molar-refractivity contribution in [1.29, 1.82) is 0 Å². The molecule has 0 saturated carbocycles. The van der Waals surface area contributed by atoms with Crippen molar-refractivity contribution in [2.75, 3.05) is 5.32 Å². The van der Waals surface area contributed by atoms with Crippen molar-refractivity contribution in [3.8, 4) is 5.75 Å². The zero-order valence-electron chi connectivity index (χ0n) is 11.5. The molecule has 0 spiro atoms. The molecule has 1 unspecified atom stereocenters. The van der Waals surface area contributed by atoms with E-state index in [1.54, 1.807) is 0 Å². The van der Waals surface area contributed by atoms with Crippen LogP contribution in [0.1, 0.15) is 47.0 Å². The van der Waals surface area contributed by atoms with E-state index in [0.29, 0.717) is 6.04 Å². The second-order valence-corrected chi connectivity index (χ2v) is 4.52. The molecule has 96 valence electrons. The Balaban J connectivity index is 2.65. The van der Waals surface area contributed by atoms with Crippen LogP contribution in [0.4, 0.5) is 5.69 Å². The molecular formula is C15H25NO. The smallest absolute Gasteiger partial charge is 0.121 e. The first-order valence-corrected chi connectivity index (χ1v) is 6.72. The Morgan fingerprint density at radius 2 is 1.82 bits per heavy atom. The molecule has 0 fully saturated rings. The highest BCUT2D eigenvalue weighted by molar-refractivity contribution is 5.48. The fraction of sp³-hybridized carbons (Fsp3) is 0.600. The van der Waals surface area contributed by atoms with E-state index in [9.17, 15) is 0 Å². The fourth-order valence-corrected chi connectivity index (χ4v) is 1.70. The maximum Gasteiger partial charge on any atom is 0.121 e. The van der Waals surface area contributed by atoms with Crippen LogP contribution in [0.15, 0.2) is 24.3 Å². The van der Waals surface area contributed by atoms with Gasteiger partial charge >= 0.3 is 0 Å². The molecule has 0 aromatic heterocycles. The van der Waals surface area contributed by atoms with Crippen molar-refractivity contribution < 1.29 is 4.74 Å². The van der Waals surface area contributed by atoms with E-state index in [1.165, 1.54) is 0 Å². The number of rotatable bonds is 7. The summed E-state index contributed by atoms with van der Waals surface area (Å²) in [6.45, 7) is 8.65. The van der Waals surface area contributed by atoms with Gasteiger partial charge in [-0.2, -0.15) is 0 Å². The molecule has 17 heavy (non-hydrogen) atoms. The molecule has 0 heterocycles. The molecule has 0 radical (unpaired) electrons. The molecule has 2 nitrogen and oxygen atoms in total. The number of nitrogens with one attached hydrogen (secondary N) is 1. The molecule has 0 bridgehead atoms. The van der Waals surface area contributed by atoms with Crippen LogP contribution in [0.3, 0.4) is 0 Å². The summed E-state index contributed by atoms with van der Waals surface area (Å²) in [5.74, 6) is 0.954. The van der Waals surface area contributed by atoms with Gasteiger partial charge in [-0.1, -0.05) is 26.8 Å². The van der Waals surface area contributed by atoms with Gasteiger partial charge in [0, 0.05) is 17.8 Å². The molecule has 0 aliphatic carbocycles. The molecule has 1 atom stereocenters. The van der Waals surface area contributed by atoms with Crippen molar-refractivity contribution in [3.05, 3.63) is 24.3 Å². The van der Waals surface area contributed by atoms with E-state index in [0.717, 1.165) is 30.7 Å². The normalized spacial score (nSPS) is 12.5. The lowest BCUT2D eigenvalue weighted by atomic mass is 10.1. The van der Waals surface area contributed by atoms with E-state index in [-0.39, 0.29) is 6.10 Å². The van der Waals surface area contributed by atoms with Crippen LogP contribution in [0.2, 0.25) is 0 Å². The maximum absolute atomic E-state index is 5.81. The first kappa shape index (κ1) is 13.9.